The predicted molar refractivity (Wildman–Crippen MR) is 58.4 cm³/mol. The molecule has 15 heavy (non-hydrogen) atoms. The molecule has 88 valence electrons. The van der Waals surface area contributed by atoms with Crippen molar-refractivity contribution < 1.29 is 9.59 Å². The number of urea groups is 1. The number of likely N-dealkylation sites (N-methyl/N-ethyl adjacent to an activating group) is 1. The Kier molecular flexibility index (Phi) is 6.44. The summed E-state index contributed by atoms with van der Waals surface area (Å²) in [5.41, 5.74) is 4.87. The third-order valence-corrected chi connectivity index (χ3v) is 2.05. The summed E-state index contributed by atoms with van der Waals surface area (Å²) >= 11 is 0. The highest BCUT2D eigenvalue weighted by atomic mass is 16.2. The molecular formula is C9H20N4O2. The van der Waals surface area contributed by atoms with E-state index in [-0.39, 0.29) is 18.5 Å². The second kappa shape index (κ2) is 7.05. The lowest BCUT2D eigenvalue weighted by Crippen LogP contribution is -2.42. The predicted octanol–water partition coefficient (Wildman–Crippen LogP) is -0.889. The van der Waals surface area contributed by atoms with Gasteiger partial charge >= 0.3 is 6.03 Å². The van der Waals surface area contributed by atoms with Gasteiger partial charge in [-0.25, -0.2) is 4.79 Å². The molecule has 3 amide bonds. The van der Waals surface area contributed by atoms with Gasteiger partial charge in [0, 0.05) is 26.2 Å². The summed E-state index contributed by atoms with van der Waals surface area (Å²) in [4.78, 5) is 23.4. The number of nitrogens with zero attached hydrogens (tertiary/aromatic N) is 1. The minimum absolute atomic E-state index is 0.0316. The van der Waals surface area contributed by atoms with Crippen LogP contribution in [0.4, 0.5) is 4.79 Å². The molecule has 6 nitrogen and oxygen atoms in total. The molecule has 6 heteroatoms. The SMILES string of the molecule is CC(C)N(C)C(=O)CNCCNC(N)=O. The first kappa shape index (κ1) is 13.7. The Morgan fingerprint density at radius 1 is 1.33 bits per heavy atom. The van der Waals surface area contributed by atoms with Crippen LogP contribution in [-0.2, 0) is 4.79 Å². The number of carbonyl (C=O) groups excluding carboxylic acids is 2. The number of nitrogens with two attached hydrogens (primary N) is 1. The molecule has 0 heterocycles. The van der Waals surface area contributed by atoms with Crippen molar-refractivity contribution in [1.29, 1.82) is 0 Å². The van der Waals surface area contributed by atoms with E-state index in [1.54, 1.807) is 11.9 Å². The Morgan fingerprint density at radius 2 is 1.93 bits per heavy atom. The Balaban J connectivity index is 3.51. The molecule has 0 bridgehead atoms. The monoisotopic (exact) mass is 216 g/mol. The fraction of sp³-hybridized carbons (Fsp3) is 0.778. The van der Waals surface area contributed by atoms with E-state index in [0.717, 1.165) is 0 Å². The molecule has 0 radical (unpaired) electrons. The van der Waals surface area contributed by atoms with Crippen LogP contribution in [0.15, 0.2) is 0 Å². The van der Waals surface area contributed by atoms with Gasteiger partial charge in [-0.1, -0.05) is 0 Å². The van der Waals surface area contributed by atoms with Gasteiger partial charge in [0.15, 0.2) is 0 Å². The normalized spacial score (nSPS) is 10.1. The van der Waals surface area contributed by atoms with Gasteiger partial charge in [-0.3, -0.25) is 4.79 Å². The van der Waals surface area contributed by atoms with E-state index in [9.17, 15) is 9.59 Å². The first-order valence-corrected chi connectivity index (χ1v) is 4.94. The molecule has 0 aromatic carbocycles. The third kappa shape index (κ3) is 6.73. The van der Waals surface area contributed by atoms with E-state index < -0.39 is 6.03 Å². The first-order chi connectivity index (χ1) is 6.95. The van der Waals surface area contributed by atoms with Crippen LogP contribution in [0.25, 0.3) is 0 Å². The van der Waals surface area contributed by atoms with Crippen molar-refractivity contribution in [3.05, 3.63) is 0 Å². The summed E-state index contributed by atoms with van der Waals surface area (Å²) in [5, 5.41) is 5.34. The van der Waals surface area contributed by atoms with Gasteiger partial charge in [0.25, 0.3) is 0 Å². The topological polar surface area (TPSA) is 87.5 Å². The minimum atomic E-state index is -0.553. The number of nitrogens with one attached hydrogen (secondary N) is 2. The van der Waals surface area contributed by atoms with E-state index in [1.807, 2.05) is 13.8 Å². The summed E-state index contributed by atoms with van der Waals surface area (Å²) in [7, 11) is 1.76. The zero-order chi connectivity index (χ0) is 11.8. The molecule has 0 aliphatic heterocycles. The lowest BCUT2D eigenvalue weighted by Gasteiger charge is -2.21. The first-order valence-electron chi connectivity index (χ1n) is 4.94. The molecule has 0 unspecified atom stereocenters. The maximum Gasteiger partial charge on any atom is 0.312 e. The summed E-state index contributed by atoms with van der Waals surface area (Å²) < 4.78 is 0. The average molecular weight is 216 g/mol. The molecule has 0 fully saturated rings. The summed E-state index contributed by atoms with van der Waals surface area (Å²) in [6.07, 6.45) is 0. The molecule has 0 aliphatic carbocycles. The van der Waals surface area contributed by atoms with Gasteiger partial charge < -0.3 is 21.3 Å². The Hall–Kier alpha value is -1.30. The molecule has 4 N–H and O–H groups in total. The highest BCUT2D eigenvalue weighted by molar-refractivity contribution is 5.78. The van der Waals surface area contributed by atoms with Crippen molar-refractivity contribution >= 4 is 11.9 Å². The molecule has 0 saturated heterocycles. The number of amides is 3. The third-order valence-electron chi connectivity index (χ3n) is 2.05. The van der Waals surface area contributed by atoms with E-state index in [0.29, 0.717) is 13.1 Å². The molecule has 0 saturated carbocycles. The highest BCUT2D eigenvalue weighted by Crippen LogP contribution is 1.92. The number of carbonyl (C=O) groups is 2. The average Bonchev–Trinajstić information content (AvgIpc) is 2.15. The molecule has 0 spiro atoms. The highest BCUT2D eigenvalue weighted by Gasteiger charge is 2.10. The standard InChI is InChI=1S/C9H20N4O2/c1-7(2)13(3)8(14)6-11-4-5-12-9(10)15/h7,11H,4-6H2,1-3H3,(H3,10,12,15). The van der Waals surface area contributed by atoms with Gasteiger partial charge in [-0.15, -0.1) is 0 Å². The van der Waals surface area contributed by atoms with Crippen molar-refractivity contribution in [2.45, 2.75) is 19.9 Å². The van der Waals surface area contributed by atoms with Crippen LogP contribution in [0.2, 0.25) is 0 Å². The zero-order valence-corrected chi connectivity index (χ0v) is 9.54. The summed E-state index contributed by atoms with van der Waals surface area (Å²) in [5.74, 6) is 0.0316. The van der Waals surface area contributed by atoms with Gasteiger partial charge in [0.05, 0.1) is 6.54 Å². The largest absolute Gasteiger partial charge is 0.352 e. The van der Waals surface area contributed by atoms with Crippen molar-refractivity contribution in [3.63, 3.8) is 0 Å². The van der Waals surface area contributed by atoms with Crippen molar-refractivity contribution in [3.8, 4) is 0 Å². The van der Waals surface area contributed by atoms with Gasteiger partial charge in [0.1, 0.15) is 0 Å². The van der Waals surface area contributed by atoms with Crippen molar-refractivity contribution in [1.82, 2.24) is 15.5 Å². The lowest BCUT2D eigenvalue weighted by atomic mass is 10.3. The van der Waals surface area contributed by atoms with E-state index in [1.165, 1.54) is 0 Å². The Morgan fingerprint density at radius 3 is 2.40 bits per heavy atom. The van der Waals surface area contributed by atoms with Crippen LogP contribution in [0, 0.1) is 0 Å². The van der Waals surface area contributed by atoms with E-state index >= 15 is 0 Å². The molecule has 0 rings (SSSR count). The zero-order valence-electron chi connectivity index (χ0n) is 9.54. The summed E-state index contributed by atoms with van der Waals surface area (Å²) in [6, 6.07) is -0.356. The molecule has 0 aromatic rings. The molecule has 0 atom stereocenters. The van der Waals surface area contributed by atoms with Crippen molar-refractivity contribution in [2.75, 3.05) is 26.7 Å². The maximum absolute atomic E-state index is 11.4. The number of hydrogen-bond acceptors (Lipinski definition) is 3. The molecule has 0 aliphatic rings. The van der Waals surface area contributed by atoms with Crippen LogP contribution < -0.4 is 16.4 Å². The van der Waals surface area contributed by atoms with Crippen LogP contribution in [0.1, 0.15) is 13.8 Å². The lowest BCUT2D eigenvalue weighted by molar-refractivity contribution is -0.130. The van der Waals surface area contributed by atoms with Crippen LogP contribution in [0.3, 0.4) is 0 Å². The fourth-order valence-corrected chi connectivity index (χ4v) is 0.882. The number of primary amides is 1. The van der Waals surface area contributed by atoms with Crippen LogP contribution in [0.5, 0.6) is 0 Å². The molecule has 0 aromatic heterocycles. The van der Waals surface area contributed by atoms with Crippen molar-refractivity contribution in [2.24, 2.45) is 5.73 Å². The van der Waals surface area contributed by atoms with Crippen LogP contribution in [-0.4, -0.2) is 49.6 Å². The van der Waals surface area contributed by atoms with Gasteiger partial charge in [-0.05, 0) is 13.8 Å². The molecular weight excluding hydrogens is 196 g/mol. The Labute approximate surface area is 90.2 Å². The van der Waals surface area contributed by atoms with Gasteiger partial charge in [0.2, 0.25) is 5.91 Å². The quantitative estimate of drug-likeness (QED) is 0.503. The van der Waals surface area contributed by atoms with E-state index in [2.05, 4.69) is 10.6 Å². The minimum Gasteiger partial charge on any atom is -0.352 e. The maximum atomic E-state index is 11.4. The summed E-state index contributed by atoms with van der Waals surface area (Å²) in [6.45, 7) is 5.13. The van der Waals surface area contributed by atoms with Gasteiger partial charge in [-0.2, -0.15) is 0 Å². The number of rotatable bonds is 6. The number of hydrogen-bond donors (Lipinski definition) is 3. The Bertz CT molecular complexity index is 218. The fourth-order valence-electron chi connectivity index (χ4n) is 0.882. The smallest absolute Gasteiger partial charge is 0.312 e. The second-order valence-electron chi connectivity index (χ2n) is 3.57. The second-order valence-corrected chi connectivity index (χ2v) is 3.57. The van der Waals surface area contributed by atoms with Crippen LogP contribution >= 0.6 is 0 Å². The van der Waals surface area contributed by atoms with E-state index in [4.69, 9.17) is 5.73 Å².